The smallest absolute Gasteiger partial charge is 0.282 e. The molecule has 0 N–H and O–H groups in total. The Kier molecular flexibility index (Phi) is 6.35. The van der Waals surface area contributed by atoms with E-state index in [1.54, 1.807) is 31.7 Å². The van der Waals surface area contributed by atoms with E-state index in [1.165, 1.54) is 0 Å². The third-order valence-corrected chi connectivity index (χ3v) is 8.20. The molecule has 2 aliphatic rings. The van der Waals surface area contributed by atoms with E-state index in [1.807, 2.05) is 20.1 Å². The van der Waals surface area contributed by atoms with Crippen LogP contribution in [0.15, 0.2) is 4.34 Å². The third-order valence-electron chi connectivity index (χ3n) is 4.35. The Morgan fingerprint density at radius 2 is 1.76 bits per heavy atom. The Morgan fingerprint density at radius 3 is 2.32 bits per heavy atom. The molecule has 0 saturated carbocycles. The van der Waals surface area contributed by atoms with Gasteiger partial charge in [-0.25, -0.2) is 0 Å². The highest BCUT2D eigenvalue weighted by atomic mass is 32.2. The first-order chi connectivity index (χ1) is 11.9. The third kappa shape index (κ3) is 4.71. The van der Waals surface area contributed by atoms with Crippen LogP contribution in [0.2, 0.25) is 0 Å². The summed E-state index contributed by atoms with van der Waals surface area (Å²) in [5.41, 5.74) is 0. The number of morpholine rings is 1. The van der Waals surface area contributed by atoms with Crippen molar-refractivity contribution in [1.29, 1.82) is 0 Å². The van der Waals surface area contributed by atoms with Gasteiger partial charge in [-0.1, -0.05) is 23.1 Å². The van der Waals surface area contributed by atoms with Crippen molar-refractivity contribution in [2.45, 2.75) is 36.9 Å². The molecule has 0 aliphatic carbocycles. The number of aromatic nitrogens is 2. The topological polar surface area (TPSA) is 78.9 Å². The molecule has 1 aromatic rings. The van der Waals surface area contributed by atoms with Gasteiger partial charge >= 0.3 is 0 Å². The number of rotatable bonds is 5. The van der Waals surface area contributed by atoms with Crippen LogP contribution in [0.3, 0.4) is 0 Å². The maximum absolute atomic E-state index is 12.9. The minimum atomic E-state index is -3.42. The Labute approximate surface area is 157 Å². The van der Waals surface area contributed by atoms with Gasteiger partial charge in [0.2, 0.25) is 0 Å². The first kappa shape index (κ1) is 19.5. The lowest BCUT2D eigenvalue weighted by atomic mass is 10.3. The van der Waals surface area contributed by atoms with Crippen LogP contribution >= 0.6 is 23.1 Å². The normalized spacial score (nSPS) is 27.6. The lowest BCUT2D eigenvalue weighted by molar-refractivity contribution is -0.0457. The monoisotopic (exact) mass is 407 g/mol. The predicted octanol–water partition coefficient (Wildman–Crippen LogP) is 0.732. The molecule has 3 rings (SSSR count). The van der Waals surface area contributed by atoms with Crippen LogP contribution in [-0.2, 0) is 21.5 Å². The molecule has 2 atom stereocenters. The minimum absolute atomic E-state index is 0.0668. The molecule has 0 spiro atoms. The zero-order valence-corrected chi connectivity index (χ0v) is 17.2. The SMILES string of the molecule is CSc1nnc(CN2CCN(S(=O)(=O)N3CC(C)OC(C)C3)CC2)s1. The van der Waals surface area contributed by atoms with Crippen molar-refractivity contribution < 1.29 is 13.2 Å². The number of ether oxygens (including phenoxy) is 1. The summed E-state index contributed by atoms with van der Waals surface area (Å²) in [6, 6.07) is 0. The lowest BCUT2D eigenvalue weighted by Crippen LogP contribution is -2.57. The summed E-state index contributed by atoms with van der Waals surface area (Å²) in [6.07, 6.45) is 1.85. The molecule has 0 radical (unpaired) electrons. The Bertz CT molecular complexity index is 665. The van der Waals surface area contributed by atoms with Crippen molar-refractivity contribution in [3.05, 3.63) is 5.01 Å². The highest BCUT2D eigenvalue weighted by molar-refractivity contribution is 8.00. The first-order valence-corrected chi connectivity index (χ1v) is 11.8. The molecule has 11 heteroatoms. The molecule has 2 saturated heterocycles. The van der Waals surface area contributed by atoms with Crippen molar-refractivity contribution in [2.24, 2.45) is 0 Å². The first-order valence-electron chi connectivity index (χ1n) is 8.38. The van der Waals surface area contributed by atoms with Gasteiger partial charge in [0, 0.05) is 39.3 Å². The Balaban J connectivity index is 1.55. The molecule has 0 aromatic carbocycles. The van der Waals surface area contributed by atoms with E-state index in [4.69, 9.17) is 4.74 Å². The zero-order chi connectivity index (χ0) is 18.0. The van der Waals surface area contributed by atoms with Crippen molar-refractivity contribution in [1.82, 2.24) is 23.7 Å². The van der Waals surface area contributed by atoms with Crippen molar-refractivity contribution in [3.8, 4) is 0 Å². The number of thioether (sulfide) groups is 1. The number of hydrogen-bond acceptors (Lipinski definition) is 8. The van der Waals surface area contributed by atoms with Gasteiger partial charge in [0.1, 0.15) is 5.01 Å². The summed E-state index contributed by atoms with van der Waals surface area (Å²) in [7, 11) is -3.42. The maximum Gasteiger partial charge on any atom is 0.282 e. The fourth-order valence-corrected chi connectivity index (χ4v) is 6.28. The van der Waals surface area contributed by atoms with Gasteiger partial charge in [-0.2, -0.15) is 17.0 Å². The second-order valence-corrected chi connectivity index (χ2v) is 10.5. The summed E-state index contributed by atoms with van der Waals surface area (Å²) in [5, 5.41) is 9.28. The van der Waals surface area contributed by atoms with Gasteiger partial charge in [-0.05, 0) is 20.1 Å². The van der Waals surface area contributed by atoms with Crippen LogP contribution < -0.4 is 0 Å². The minimum Gasteiger partial charge on any atom is -0.373 e. The average Bonchev–Trinajstić information content (AvgIpc) is 3.02. The standard InChI is InChI=1S/C14H25N5O3S3/c1-11-8-19(9-12(2)22-11)25(20,21)18-6-4-17(5-7-18)10-13-15-16-14(23-3)24-13/h11-12H,4-10H2,1-3H3. The molecule has 8 nitrogen and oxygen atoms in total. The summed E-state index contributed by atoms with van der Waals surface area (Å²) >= 11 is 3.20. The van der Waals surface area contributed by atoms with E-state index in [0.717, 1.165) is 15.9 Å². The molecule has 2 aliphatic heterocycles. The molecule has 2 unspecified atom stereocenters. The van der Waals surface area contributed by atoms with Crippen LogP contribution in [0.25, 0.3) is 0 Å². The van der Waals surface area contributed by atoms with Gasteiger partial charge in [0.25, 0.3) is 10.2 Å². The second kappa shape index (κ2) is 8.15. The highest BCUT2D eigenvalue weighted by Crippen LogP contribution is 2.22. The second-order valence-electron chi connectivity index (χ2n) is 6.42. The zero-order valence-electron chi connectivity index (χ0n) is 14.8. The molecular weight excluding hydrogens is 382 g/mol. The van der Waals surface area contributed by atoms with E-state index in [0.29, 0.717) is 39.3 Å². The predicted molar refractivity (Wildman–Crippen MR) is 99.0 cm³/mol. The van der Waals surface area contributed by atoms with Crippen molar-refractivity contribution in [3.63, 3.8) is 0 Å². The van der Waals surface area contributed by atoms with Gasteiger partial charge in [-0.3, -0.25) is 4.90 Å². The summed E-state index contributed by atoms with van der Waals surface area (Å²) in [4.78, 5) is 2.24. The van der Waals surface area contributed by atoms with Gasteiger partial charge in [0.05, 0.1) is 18.8 Å². The Morgan fingerprint density at radius 1 is 1.12 bits per heavy atom. The highest BCUT2D eigenvalue weighted by Gasteiger charge is 2.36. The van der Waals surface area contributed by atoms with E-state index >= 15 is 0 Å². The van der Waals surface area contributed by atoms with Crippen LogP contribution in [0.5, 0.6) is 0 Å². The molecule has 1 aromatic heterocycles. The maximum atomic E-state index is 12.9. The molecular formula is C14H25N5O3S3. The largest absolute Gasteiger partial charge is 0.373 e. The fourth-order valence-electron chi connectivity index (χ4n) is 3.18. The number of hydrogen-bond donors (Lipinski definition) is 0. The Hall–Kier alpha value is -0.300. The van der Waals surface area contributed by atoms with E-state index in [2.05, 4.69) is 15.1 Å². The van der Waals surface area contributed by atoms with Crippen LogP contribution in [0.4, 0.5) is 0 Å². The van der Waals surface area contributed by atoms with Crippen LogP contribution in [0.1, 0.15) is 18.9 Å². The molecule has 0 amide bonds. The number of piperazine rings is 1. The average molecular weight is 408 g/mol. The molecule has 142 valence electrons. The molecule has 0 bridgehead atoms. The van der Waals surface area contributed by atoms with E-state index in [-0.39, 0.29) is 12.2 Å². The molecule has 2 fully saturated rings. The lowest BCUT2D eigenvalue weighted by Gasteiger charge is -2.40. The quantitative estimate of drug-likeness (QED) is 0.666. The number of nitrogens with zero attached hydrogens (tertiary/aromatic N) is 5. The summed E-state index contributed by atoms with van der Waals surface area (Å²) in [5.74, 6) is 0. The summed E-state index contributed by atoms with van der Waals surface area (Å²) < 4.78 is 35.6. The van der Waals surface area contributed by atoms with Crippen LogP contribution in [0, 0.1) is 0 Å². The summed E-state index contributed by atoms with van der Waals surface area (Å²) in [6.45, 7) is 7.86. The van der Waals surface area contributed by atoms with Crippen LogP contribution in [-0.4, -0.2) is 89.9 Å². The van der Waals surface area contributed by atoms with Gasteiger partial charge < -0.3 is 4.74 Å². The van der Waals surface area contributed by atoms with E-state index in [9.17, 15) is 8.42 Å². The molecule has 3 heterocycles. The van der Waals surface area contributed by atoms with Crippen molar-refractivity contribution in [2.75, 3.05) is 45.5 Å². The molecule has 25 heavy (non-hydrogen) atoms. The van der Waals surface area contributed by atoms with Gasteiger partial charge in [0.15, 0.2) is 4.34 Å². The van der Waals surface area contributed by atoms with Crippen molar-refractivity contribution >= 4 is 33.3 Å². The van der Waals surface area contributed by atoms with Gasteiger partial charge in [-0.15, -0.1) is 10.2 Å². The fraction of sp³-hybridized carbons (Fsp3) is 0.857. The van der Waals surface area contributed by atoms with E-state index < -0.39 is 10.2 Å².